The lowest BCUT2D eigenvalue weighted by Gasteiger charge is -2.28. The Balaban J connectivity index is 2.70. The van der Waals surface area contributed by atoms with Crippen LogP contribution in [0.1, 0.15) is 40.0 Å². The van der Waals surface area contributed by atoms with Crippen molar-refractivity contribution < 1.29 is 13.2 Å². The van der Waals surface area contributed by atoms with E-state index in [9.17, 15) is 8.42 Å². The van der Waals surface area contributed by atoms with Gasteiger partial charge in [-0.25, -0.2) is 8.42 Å². The highest BCUT2D eigenvalue weighted by Crippen LogP contribution is 2.51. The first-order chi connectivity index (χ1) is 6.22. The lowest BCUT2D eigenvalue weighted by Crippen LogP contribution is -2.34. The zero-order valence-corrected chi connectivity index (χ0v) is 10.4. The lowest BCUT2D eigenvalue weighted by atomic mass is 10.0. The van der Waals surface area contributed by atoms with Crippen LogP contribution in [0.2, 0.25) is 0 Å². The van der Waals surface area contributed by atoms with Gasteiger partial charge in [0.15, 0.2) is 0 Å². The highest BCUT2D eigenvalue weighted by atomic mass is 35.7. The third kappa shape index (κ3) is 2.61. The number of ether oxygens (including phenoxy) is 1. The van der Waals surface area contributed by atoms with Gasteiger partial charge < -0.3 is 4.74 Å². The molecule has 84 valence electrons. The molecule has 1 fully saturated rings. The van der Waals surface area contributed by atoms with E-state index in [-0.39, 0.29) is 0 Å². The van der Waals surface area contributed by atoms with Crippen molar-refractivity contribution in [3.05, 3.63) is 0 Å². The fraction of sp³-hybridized carbons (Fsp3) is 1.00. The summed E-state index contributed by atoms with van der Waals surface area (Å²) in [5.41, 5.74) is -0.410. The van der Waals surface area contributed by atoms with Crippen LogP contribution in [-0.4, -0.2) is 25.4 Å². The van der Waals surface area contributed by atoms with Gasteiger partial charge in [0.25, 0.3) is 0 Å². The molecular weight excluding hydrogens is 224 g/mol. The molecule has 0 bridgehead atoms. The molecule has 1 rings (SSSR count). The fourth-order valence-electron chi connectivity index (χ4n) is 1.86. The van der Waals surface area contributed by atoms with E-state index in [2.05, 4.69) is 0 Å². The van der Waals surface area contributed by atoms with E-state index in [1.54, 1.807) is 0 Å². The summed E-state index contributed by atoms with van der Waals surface area (Å²) in [5, 5.41) is 0. The number of hydrogen-bond donors (Lipinski definition) is 0. The average molecular weight is 241 g/mol. The number of hydrogen-bond acceptors (Lipinski definition) is 3. The van der Waals surface area contributed by atoms with Crippen LogP contribution >= 0.6 is 10.7 Å². The van der Waals surface area contributed by atoms with Crippen molar-refractivity contribution in [2.24, 2.45) is 0 Å². The Morgan fingerprint density at radius 2 is 1.93 bits per heavy atom. The van der Waals surface area contributed by atoms with Crippen LogP contribution < -0.4 is 0 Å². The predicted molar refractivity (Wildman–Crippen MR) is 57.1 cm³/mol. The molecule has 0 amide bonds. The highest BCUT2D eigenvalue weighted by Gasteiger charge is 2.56. The van der Waals surface area contributed by atoms with E-state index in [1.165, 1.54) is 0 Å². The Morgan fingerprint density at radius 3 is 2.21 bits per heavy atom. The summed E-state index contributed by atoms with van der Waals surface area (Å²) in [6, 6.07) is 0. The lowest BCUT2D eigenvalue weighted by molar-refractivity contribution is -0.0179. The van der Waals surface area contributed by atoms with Gasteiger partial charge in [-0.05, 0) is 40.0 Å². The van der Waals surface area contributed by atoms with Crippen molar-refractivity contribution in [2.45, 2.75) is 50.4 Å². The minimum atomic E-state index is -3.45. The van der Waals surface area contributed by atoms with E-state index >= 15 is 0 Å². The molecule has 0 aromatic rings. The molecule has 0 aromatic carbocycles. The second kappa shape index (κ2) is 3.65. The first-order valence-electron chi connectivity index (χ1n) is 4.81. The summed E-state index contributed by atoms with van der Waals surface area (Å²) in [7, 11) is 1.96. The Labute approximate surface area is 90.2 Å². The fourth-order valence-corrected chi connectivity index (χ4v) is 3.60. The summed E-state index contributed by atoms with van der Waals surface area (Å²) < 4.78 is 27.4. The second-order valence-electron chi connectivity index (χ2n) is 4.49. The summed E-state index contributed by atoms with van der Waals surface area (Å²) in [6.45, 7) is 6.29. The minimum absolute atomic E-state index is 0.410. The molecule has 1 saturated carbocycles. The number of halogens is 1. The van der Waals surface area contributed by atoms with Gasteiger partial charge in [-0.1, -0.05) is 0 Å². The molecule has 3 nitrogen and oxygen atoms in total. The van der Waals surface area contributed by atoms with Crippen molar-refractivity contribution >= 4 is 19.7 Å². The Kier molecular flexibility index (Phi) is 3.20. The molecule has 0 saturated heterocycles. The van der Waals surface area contributed by atoms with E-state index in [1.807, 2.05) is 20.8 Å². The summed E-state index contributed by atoms with van der Waals surface area (Å²) >= 11 is 0. The molecule has 1 aliphatic carbocycles. The standard InChI is InChI=1S/C9H17ClO3S/c1-4-13-8(2,3)7-9(5-6-9)14(10,11)12/h4-7H2,1-3H3. The van der Waals surface area contributed by atoms with Crippen molar-refractivity contribution in [3.63, 3.8) is 0 Å². The van der Waals surface area contributed by atoms with Gasteiger partial charge in [-0.2, -0.15) is 0 Å². The number of rotatable bonds is 5. The summed E-state index contributed by atoms with van der Waals surface area (Å²) in [4.78, 5) is 0. The van der Waals surface area contributed by atoms with Crippen LogP contribution in [-0.2, 0) is 13.8 Å². The maximum atomic E-state index is 11.3. The van der Waals surface area contributed by atoms with Crippen molar-refractivity contribution in [1.29, 1.82) is 0 Å². The SMILES string of the molecule is CCOC(C)(C)CC1(S(=O)(=O)Cl)CC1. The molecule has 14 heavy (non-hydrogen) atoms. The third-order valence-electron chi connectivity index (χ3n) is 2.61. The monoisotopic (exact) mass is 240 g/mol. The van der Waals surface area contributed by atoms with E-state index < -0.39 is 19.4 Å². The van der Waals surface area contributed by atoms with Crippen molar-refractivity contribution in [3.8, 4) is 0 Å². The largest absolute Gasteiger partial charge is 0.376 e. The van der Waals surface area contributed by atoms with Gasteiger partial charge in [-0.15, -0.1) is 0 Å². The van der Waals surface area contributed by atoms with E-state index in [0.29, 0.717) is 25.9 Å². The topological polar surface area (TPSA) is 43.4 Å². The Bertz CT molecular complexity index is 304. The molecule has 0 heterocycles. The minimum Gasteiger partial charge on any atom is -0.376 e. The molecular formula is C9H17ClO3S. The molecule has 0 unspecified atom stereocenters. The van der Waals surface area contributed by atoms with E-state index in [0.717, 1.165) is 0 Å². The first-order valence-corrected chi connectivity index (χ1v) is 7.12. The van der Waals surface area contributed by atoms with Gasteiger partial charge in [-0.3, -0.25) is 0 Å². The molecule has 0 N–H and O–H groups in total. The molecule has 0 aliphatic heterocycles. The summed E-state index contributed by atoms with van der Waals surface area (Å²) in [5.74, 6) is 0. The maximum absolute atomic E-state index is 11.3. The predicted octanol–water partition coefficient (Wildman–Crippen LogP) is 2.29. The molecule has 0 radical (unpaired) electrons. The van der Waals surface area contributed by atoms with E-state index in [4.69, 9.17) is 15.4 Å². The molecule has 5 heteroatoms. The first kappa shape index (κ1) is 12.3. The van der Waals surface area contributed by atoms with Crippen molar-refractivity contribution in [1.82, 2.24) is 0 Å². The van der Waals surface area contributed by atoms with Gasteiger partial charge >= 0.3 is 0 Å². The third-order valence-corrected chi connectivity index (χ3v) is 5.18. The highest BCUT2D eigenvalue weighted by molar-refractivity contribution is 8.15. The van der Waals surface area contributed by atoms with Gasteiger partial charge in [0.1, 0.15) is 0 Å². The molecule has 1 aliphatic rings. The Hall–Kier alpha value is 0.200. The maximum Gasteiger partial charge on any atom is 0.238 e. The normalized spacial score (nSPS) is 20.9. The molecule has 0 atom stereocenters. The zero-order chi connectivity index (χ0) is 11.0. The average Bonchev–Trinajstić information content (AvgIpc) is 2.65. The van der Waals surface area contributed by atoms with Crippen molar-refractivity contribution in [2.75, 3.05) is 6.61 Å². The van der Waals surface area contributed by atoms with Crippen LogP contribution in [0.5, 0.6) is 0 Å². The molecule has 0 spiro atoms. The van der Waals surface area contributed by atoms with Crippen LogP contribution in [0, 0.1) is 0 Å². The molecule has 0 aromatic heterocycles. The second-order valence-corrected chi connectivity index (χ2v) is 7.45. The smallest absolute Gasteiger partial charge is 0.238 e. The van der Waals surface area contributed by atoms with Crippen LogP contribution in [0.4, 0.5) is 0 Å². The van der Waals surface area contributed by atoms with Crippen LogP contribution in [0.15, 0.2) is 0 Å². The van der Waals surface area contributed by atoms with Gasteiger partial charge in [0.2, 0.25) is 9.05 Å². The summed E-state index contributed by atoms with van der Waals surface area (Å²) in [6.07, 6.45) is 1.81. The van der Waals surface area contributed by atoms with Gasteiger partial charge in [0, 0.05) is 17.3 Å². The van der Waals surface area contributed by atoms with Crippen LogP contribution in [0.3, 0.4) is 0 Å². The quantitative estimate of drug-likeness (QED) is 0.693. The Morgan fingerprint density at radius 1 is 1.43 bits per heavy atom. The van der Waals surface area contributed by atoms with Crippen LogP contribution in [0.25, 0.3) is 0 Å². The van der Waals surface area contributed by atoms with Gasteiger partial charge in [0.05, 0.1) is 10.3 Å². The zero-order valence-electron chi connectivity index (χ0n) is 8.84.